The summed E-state index contributed by atoms with van der Waals surface area (Å²) in [5.41, 5.74) is -0.267. The summed E-state index contributed by atoms with van der Waals surface area (Å²) in [7, 11) is 0. The van der Waals surface area contributed by atoms with E-state index in [1.807, 2.05) is 39.5 Å². The summed E-state index contributed by atoms with van der Waals surface area (Å²) in [6, 6.07) is 0.146. The van der Waals surface area contributed by atoms with Gasteiger partial charge < -0.3 is 14.4 Å². The number of nitrogens with zero attached hydrogens (tertiary/aromatic N) is 1. The normalized spacial score (nSPS) is 26.9. The van der Waals surface area contributed by atoms with Crippen LogP contribution in [0.5, 0.6) is 0 Å². The molecule has 0 aromatic carbocycles. The molecule has 1 amide bonds. The second-order valence-corrected chi connectivity index (χ2v) is 5.44. The third-order valence-corrected chi connectivity index (χ3v) is 2.56. The van der Waals surface area contributed by atoms with Crippen molar-refractivity contribution in [2.24, 2.45) is 0 Å². The quantitative estimate of drug-likeness (QED) is 0.719. The molecule has 94 valence electrons. The molecule has 0 spiro atoms. The van der Waals surface area contributed by atoms with Crippen LogP contribution >= 0.6 is 0 Å². The minimum Gasteiger partial charge on any atom is -0.375 e. The molecule has 1 heterocycles. The largest absolute Gasteiger partial charge is 0.375 e. The second-order valence-electron chi connectivity index (χ2n) is 5.44. The van der Waals surface area contributed by atoms with Crippen LogP contribution in [-0.2, 0) is 14.3 Å². The molecular weight excluding hydrogens is 206 g/mol. The first-order valence-corrected chi connectivity index (χ1v) is 5.84. The number of carbonyl (C=O) groups is 1. The van der Waals surface area contributed by atoms with E-state index < -0.39 is 0 Å². The van der Waals surface area contributed by atoms with E-state index in [2.05, 4.69) is 0 Å². The minimum absolute atomic E-state index is 0.0533. The highest BCUT2D eigenvalue weighted by molar-refractivity contribution is 5.78. The highest BCUT2D eigenvalue weighted by atomic mass is 16.5. The fraction of sp³-hybridized carbons (Fsp3) is 0.917. The fourth-order valence-corrected chi connectivity index (χ4v) is 1.61. The van der Waals surface area contributed by atoms with Crippen molar-refractivity contribution in [3.05, 3.63) is 0 Å². The molecule has 1 rings (SSSR count). The number of rotatable bonds is 2. The molecule has 16 heavy (non-hydrogen) atoms. The van der Waals surface area contributed by atoms with E-state index in [0.29, 0.717) is 13.2 Å². The van der Waals surface area contributed by atoms with Gasteiger partial charge in [-0.1, -0.05) is 0 Å². The van der Waals surface area contributed by atoms with E-state index in [1.165, 1.54) is 0 Å². The Kier molecular flexibility index (Phi) is 4.33. The molecule has 4 nitrogen and oxygen atoms in total. The number of hydrogen-bond donors (Lipinski definition) is 0. The Morgan fingerprint density at radius 2 is 2.06 bits per heavy atom. The molecule has 0 N–H and O–H groups in total. The van der Waals surface area contributed by atoms with Crippen LogP contribution in [0, 0.1) is 0 Å². The van der Waals surface area contributed by atoms with Gasteiger partial charge in [-0.05, 0) is 34.6 Å². The summed E-state index contributed by atoms with van der Waals surface area (Å²) in [6.07, 6.45) is 0.120. The van der Waals surface area contributed by atoms with E-state index in [1.54, 1.807) is 0 Å². The molecule has 0 aromatic heterocycles. The molecule has 0 aliphatic carbocycles. The molecule has 2 unspecified atom stereocenters. The third kappa shape index (κ3) is 4.10. The van der Waals surface area contributed by atoms with Crippen LogP contribution in [0.3, 0.4) is 0 Å². The molecule has 1 aliphatic heterocycles. The Balaban J connectivity index is 2.46. The van der Waals surface area contributed by atoms with Crippen molar-refractivity contribution in [1.29, 1.82) is 0 Å². The van der Waals surface area contributed by atoms with E-state index >= 15 is 0 Å². The average Bonchev–Trinajstić information content (AvgIpc) is 2.17. The maximum absolute atomic E-state index is 11.9. The van der Waals surface area contributed by atoms with Gasteiger partial charge >= 0.3 is 0 Å². The van der Waals surface area contributed by atoms with E-state index in [9.17, 15) is 4.79 Å². The van der Waals surface area contributed by atoms with Gasteiger partial charge in [-0.2, -0.15) is 0 Å². The Morgan fingerprint density at radius 1 is 1.44 bits per heavy atom. The standard InChI is InChI=1S/C12H23NO3/c1-9-7-15-10(2)6-13(9)11(14)8-16-12(3,4)5/h9-10H,6-8H2,1-5H3. The molecule has 0 saturated carbocycles. The first-order chi connectivity index (χ1) is 7.29. The van der Waals surface area contributed by atoms with Gasteiger partial charge in [0.2, 0.25) is 5.91 Å². The Hall–Kier alpha value is -0.610. The molecule has 4 heteroatoms. The first-order valence-electron chi connectivity index (χ1n) is 5.84. The predicted octanol–water partition coefficient (Wildman–Crippen LogP) is 1.44. The molecule has 0 aromatic rings. The van der Waals surface area contributed by atoms with E-state index in [-0.39, 0.29) is 30.3 Å². The fourth-order valence-electron chi connectivity index (χ4n) is 1.61. The van der Waals surface area contributed by atoms with E-state index in [4.69, 9.17) is 9.47 Å². The average molecular weight is 229 g/mol. The first kappa shape index (κ1) is 13.5. The maximum Gasteiger partial charge on any atom is 0.249 e. The van der Waals surface area contributed by atoms with Gasteiger partial charge in [-0.15, -0.1) is 0 Å². The van der Waals surface area contributed by atoms with Crippen molar-refractivity contribution in [3.63, 3.8) is 0 Å². The van der Waals surface area contributed by atoms with Crippen molar-refractivity contribution in [2.45, 2.75) is 52.4 Å². The van der Waals surface area contributed by atoms with Gasteiger partial charge in [0.05, 0.1) is 24.4 Å². The molecule has 1 aliphatic rings. The Bertz CT molecular complexity index is 247. The summed E-state index contributed by atoms with van der Waals surface area (Å²) in [6.45, 7) is 11.3. The maximum atomic E-state index is 11.9. The Labute approximate surface area is 97.9 Å². The zero-order valence-corrected chi connectivity index (χ0v) is 10.9. The van der Waals surface area contributed by atoms with Crippen LogP contribution in [0.4, 0.5) is 0 Å². The monoisotopic (exact) mass is 229 g/mol. The minimum atomic E-state index is -0.267. The van der Waals surface area contributed by atoms with Crippen LogP contribution in [0.25, 0.3) is 0 Å². The molecule has 1 saturated heterocycles. The molecule has 1 fully saturated rings. The van der Waals surface area contributed by atoms with Gasteiger partial charge in [0.15, 0.2) is 0 Å². The lowest BCUT2D eigenvalue weighted by Gasteiger charge is -2.37. The molecular formula is C12H23NO3. The summed E-state index contributed by atoms with van der Waals surface area (Å²) < 4.78 is 11.0. The zero-order valence-electron chi connectivity index (χ0n) is 10.9. The molecule has 2 atom stereocenters. The smallest absolute Gasteiger partial charge is 0.249 e. The van der Waals surface area contributed by atoms with Gasteiger partial charge in [0, 0.05) is 6.54 Å². The number of hydrogen-bond acceptors (Lipinski definition) is 3. The van der Waals surface area contributed by atoms with Crippen molar-refractivity contribution in [3.8, 4) is 0 Å². The lowest BCUT2D eigenvalue weighted by atomic mass is 10.2. The number of amides is 1. The SMILES string of the molecule is CC1CN(C(=O)COC(C)(C)C)C(C)CO1. The van der Waals surface area contributed by atoms with Gasteiger partial charge in [0.25, 0.3) is 0 Å². The topological polar surface area (TPSA) is 38.8 Å². The van der Waals surface area contributed by atoms with E-state index in [0.717, 1.165) is 0 Å². The second kappa shape index (κ2) is 5.15. The highest BCUT2D eigenvalue weighted by Crippen LogP contribution is 2.13. The number of ether oxygens (including phenoxy) is 2. The zero-order chi connectivity index (χ0) is 12.3. The Morgan fingerprint density at radius 3 is 2.62 bits per heavy atom. The van der Waals surface area contributed by atoms with Crippen LogP contribution in [0.1, 0.15) is 34.6 Å². The lowest BCUT2D eigenvalue weighted by molar-refractivity contribution is -0.152. The number of morpholine rings is 1. The third-order valence-electron chi connectivity index (χ3n) is 2.56. The van der Waals surface area contributed by atoms with Crippen molar-refractivity contribution in [1.82, 2.24) is 4.90 Å². The van der Waals surface area contributed by atoms with Crippen LogP contribution in [0.2, 0.25) is 0 Å². The van der Waals surface area contributed by atoms with Gasteiger partial charge in [-0.25, -0.2) is 0 Å². The predicted molar refractivity (Wildman–Crippen MR) is 62.3 cm³/mol. The summed E-state index contributed by atoms with van der Waals surface area (Å²) >= 11 is 0. The lowest BCUT2D eigenvalue weighted by Crippen LogP contribution is -2.51. The number of carbonyl (C=O) groups excluding carboxylic acids is 1. The highest BCUT2D eigenvalue weighted by Gasteiger charge is 2.28. The van der Waals surface area contributed by atoms with Crippen LogP contribution < -0.4 is 0 Å². The van der Waals surface area contributed by atoms with Crippen molar-refractivity contribution in [2.75, 3.05) is 19.8 Å². The summed E-state index contributed by atoms with van der Waals surface area (Å²) in [5, 5.41) is 0. The molecule has 0 radical (unpaired) electrons. The van der Waals surface area contributed by atoms with Crippen molar-refractivity contribution >= 4 is 5.91 Å². The summed E-state index contributed by atoms with van der Waals surface area (Å²) in [5.74, 6) is 0.0533. The van der Waals surface area contributed by atoms with Crippen LogP contribution in [-0.4, -0.2) is 48.3 Å². The van der Waals surface area contributed by atoms with Crippen LogP contribution in [0.15, 0.2) is 0 Å². The molecule has 0 bridgehead atoms. The summed E-state index contributed by atoms with van der Waals surface area (Å²) in [4.78, 5) is 13.8. The van der Waals surface area contributed by atoms with Crippen molar-refractivity contribution < 1.29 is 14.3 Å². The van der Waals surface area contributed by atoms with Gasteiger partial charge in [-0.3, -0.25) is 4.79 Å². The van der Waals surface area contributed by atoms with Gasteiger partial charge in [0.1, 0.15) is 6.61 Å².